The minimum Gasteiger partial charge on any atom is -0.341 e. The van der Waals surface area contributed by atoms with Crippen molar-refractivity contribution in [3.63, 3.8) is 0 Å². The van der Waals surface area contributed by atoms with E-state index in [0.29, 0.717) is 12.1 Å². The average Bonchev–Trinajstić information content (AvgIpc) is 3.42. The number of aromatic nitrogens is 2. The van der Waals surface area contributed by atoms with Crippen molar-refractivity contribution in [2.24, 2.45) is 0 Å². The number of carbonyl (C=O) groups is 1. The molecule has 2 heterocycles. The molecular weight excluding hydrogens is 366 g/mol. The summed E-state index contributed by atoms with van der Waals surface area (Å²) in [5.41, 5.74) is 3.52. The highest BCUT2D eigenvalue weighted by Gasteiger charge is 2.22. The van der Waals surface area contributed by atoms with Gasteiger partial charge in [0, 0.05) is 19.8 Å². The zero-order valence-electron chi connectivity index (χ0n) is 15.7. The zero-order chi connectivity index (χ0) is 19.3. The Balaban J connectivity index is 1.61. The normalized spacial score (nSPS) is 10.8. The van der Waals surface area contributed by atoms with Gasteiger partial charge in [-0.2, -0.15) is 5.10 Å². The first-order valence-corrected chi connectivity index (χ1v) is 10.1. The van der Waals surface area contributed by atoms with E-state index in [1.54, 1.807) is 20.9 Å². The van der Waals surface area contributed by atoms with Crippen molar-refractivity contribution in [1.29, 1.82) is 0 Å². The third-order valence-corrected chi connectivity index (χ3v) is 5.52. The molecular formula is C23H21N3OS. The highest BCUT2D eigenvalue weighted by atomic mass is 32.1. The molecule has 0 saturated heterocycles. The van der Waals surface area contributed by atoms with Crippen molar-refractivity contribution in [3.8, 4) is 16.3 Å². The molecule has 28 heavy (non-hydrogen) atoms. The van der Waals surface area contributed by atoms with Crippen molar-refractivity contribution in [3.05, 3.63) is 95.5 Å². The number of thiophene rings is 1. The van der Waals surface area contributed by atoms with Gasteiger partial charge in [-0.05, 0) is 35.6 Å². The summed E-state index contributed by atoms with van der Waals surface area (Å²) in [7, 11) is 1.85. The van der Waals surface area contributed by atoms with Crippen LogP contribution in [0.15, 0.2) is 84.4 Å². The summed E-state index contributed by atoms with van der Waals surface area (Å²) in [6, 6.07) is 24.1. The van der Waals surface area contributed by atoms with Crippen LogP contribution in [0.4, 0.5) is 0 Å². The molecule has 0 spiro atoms. The lowest BCUT2D eigenvalue weighted by Gasteiger charge is -2.17. The van der Waals surface area contributed by atoms with Crippen molar-refractivity contribution >= 4 is 17.2 Å². The van der Waals surface area contributed by atoms with E-state index in [4.69, 9.17) is 5.10 Å². The smallest absolute Gasteiger partial charge is 0.257 e. The van der Waals surface area contributed by atoms with Crippen LogP contribution in [0.1, 0.15) is 15.9 Å². The third-order valence-electron chi connectivity index (χ3n) is 4.65. The van der Waals surface area contributed by atoms with Crippen molar-refractivity contribution in [1.82, 2.24) is 14.7 Å². The van der Waals surface area contributed by atoms with Crippen molar-refractivity contribution in [2.45, 2.75) is 6.42 Å². The second-order valence-corrected chi connectivity index (χ2v) is 7.56. The van der Waals surface area contributed by atoms with E-state index < -0.39 is 0 Å². The SMILES string of the molecule is CN(CCc1ccccc1)C(=O)c1cn(-c2ccccc2)nc1-c1cccs1. The van der Waals surface area contributed by atoms with Crippen LogP contribution in [0.2, 0.25) is 0 Å². The van der Waals surface area contributed by atoms with Gasteiger partial charge in [-0.15, -0.1) is 11.3 Å². The molecule has 0 N–H and O–H groups in total. The van der Waals surface area contributed by atoms with Crippen molar-refractivity contribution in [2.75, 3.05) is 13.6 Å². The average molecular weight is 388 g/mol. The number of benzene rings is 2. The number of likely N-dealkylation sites (N-methyl/N-ethyl adjacent to an activating group) is 1. The predicted molar refractivity (Wildman–Crippen MR) is 114 cm³/mol. The van der Waals surface area contributed by atoms with Crippen LogP contribution < -0.4 is 0 Å². The lowest BCUT2D eigenvalue weighted by Crippen LogP contribution is -2.29. The van der Waals surface area contributed by atoms with Crippen LogP contribution in [0.3, 0.4) is 0 Å². The summed E-state index contributed by atoms with van der Waals surface area (Å²) < 4.78 is 1.79. The Bertz CT molecular complexity index is 1040. The number of hydrogen-bond acceptors (Lipinski definition) is 3. The molecule has 4 rings (SSSR count). The van der Waals surface area contributed by atoms with Gasteiger partial charge < -0.3 is 4.90 Å². The Kier molecular flexibility index (Phi) is 5.35. The summed E-state index contributed by atoms with van der Waals surface area (Å²) in [5, 5.41) is 6.73. The summed E-state index contributed by atoms with van der Waals surface area (Å²) in [6.45, 7) is 0.656. The maximum absolute atomic E-state index is 13.2. The first-order chi connectivity index (χ1) is 13.7. The lowest BCUT2D eigenvalue weighted by atomic mass is 10.1. The maximum atomic E-state index is 13.2. The number of hydrogen-bond donors (Lipinski definition) is 0. The molecule has 2 aromatic carbocycles. The van der Waals surface area contributed by atoms with Crippen molar-refractivity contribution < 1.29 is 4.79 Å². The largest absolute Gasteiger partial charge is 0.341 e. The number of nitrogens with zero attached hydrogens (tertiary/aromatic N) is 3. The topological polar surface area (TPSA) is 38.1 Å². The molecule has 0 aliphatic heterocycles. The third kappa shape index (κ3) is 3.89. The highest BCUT2D eigenvalue weighted by Crippen LogP contribution is 2.28. The second-order valence-electron chi connectivity index (χ2n) is 6.61. The minimum absolute atomic E-state index is 0.0125. The molecule has 0 radical (unpaired) electrons. The molecule has 0 atom stereocenters. The van der Waals surface area contributed by atoms with Crippen LogP contribution in [0.5, 0.6) is 0 Å². The predicted octanol–water partition coefficient (Wildman–Crippen LogP) is 4.92. The van der Waals surface area contributed by atoms with Gasteiger partial charge in [0.05, 0.1) is 16.1 Å². The lowest BCUT2D eigenvalue weighted by molar-refractivity contribution is 0.0797. The van der Waals surface area contributed by atoms with Gasteiger partial charge in [-0.3, -0.25) is 4.79 Å². The van der Waals surface area contributed by atoms with E-state index in [9.17, 15) is 4.79 Å². The van der Waals surface area contributed by atoms with Gasteiger partial charge >= 0.3 is 0 Å². The first kappa shape index (κ1) is 18.2. The molecule has 0 bridgehead atoms. The molecule has 1 amide bonds. The number of carbonyl (C=O) groups excluding carboxylic acids is 1. The van der Waals surface area contributed by atoms with E-state index in [1.807, 2.05) is 79.3 Å². The monoisotopic (exact) mass is 387 g/mol. The van der Waals surface area contributed by atoms with E-state index in [2.05, 4.69) is 12.1 Å². The van der Waals surface area contributed by atoms with Gasteiger partial charge in [-0.25, -0.2) is 4.68 Å². The molecule has 0 aliphatic rings. The standard InChI is InChI=1S/C23H21N3OS/c1-25(15-14-18-9-4-2-5-10-18)23(27)20-17-26(19-11-6-3-7-12-19)24-22(20)21-13-8-16-28-21/h2-13,16-17H,14-15H2,1H3. The summed E-state index contributed by atoms with van der Waals surface area (Å²) in [5.74, 6) is -0.0125. The van der Waals surface area contributed by atoms with Gasteiger partial charge in [-0.1, -0.05) is 54.6 Å². The van der Waals surface area contributed by atoms with Crippen LogP contribution in [0.25, 0.3) is 16.3 Å². The fourth-order valence-electron chi connectivity index (χ4n) is 3.09. The molecule has 4 nitrogen and oxygen atoms in total. The summed E-state index contributed by atoms with van der Waals surface area (Å²) in [6.07, 6.45) is 2.66. The fourth-order valence-corrected chi connectivity index (χ4v) is 3.81. The minimum atomic E-state index is -0.0125. The molecule has 140 valence electrons. The Labute approximate surface area is 168 Å². The fraction of sp³-hybridized carbons (Fsp3) is 0.130. The number of amides is 1. The second kappa shape index (κ2) is 8.23. The molecule has 0 saturated carbocycles. The Morgan fingerprint density at radius 2 is 1.71 bits per heavy atom. The first-order valence-electron chi connectivity index (χ1n) is 9.21. The van der Waals surface area contributed by atoms with Gasteiger partial charge in [0.25, 0.3) is 5.91 Å². The molecule has 0 unspecified atom stereocenters. The van der Waals surface area contributed by atoms with Crippen LogP contribution in [-0.4, -0.2) is 34.2 Å². The number of rotatable bonds is 6. The van der Waals surface area contributed by atoms with E-state index in [1.165, 1.54) is 5.56 Å². The van der Waals surface area contributed by atoms with Gasteiger partial charge in [0.15, 0.2) is 0 Å². The quantitative estimate of drug-likeness (QED) is 0.471. The number of para-hydroxylation sites is 1. The molecule has 5 heteroatoms. The van der Waals surface area contributed by atoms with Gasteiger partial charge in [0.2, 0.25) is 0 Å². The Hall–Kier alpha value is -3.18. The maximum Gasteiger partial charge on any atom is 0.257 e. The Morgan fingerprint density at radius 3 is 2.39 bits per heavy atom. The molecule has 0 fully saturated rings. The molecule has 0 aliphatic carbocycles. The molecule has 4 aromatic rings. The summed E-state index contributed by atoms with van der Waals surface area (Å²) >= 11 is 1.59. The van der Waals surface area contributed by atoms with Crippen LogP contribution >= 0.6 is 11.3 Å². The van der Waals surface area contributed by atoms with E-state index in [0.717, 1.165) is 22.7 Å². The summed E-state index contributed by atoms with van der Waals surface area (Å²) in [4.78, 5) is 16.0. The van der Waals surface area contributed by atoms with Gasteiger partial charge in [0.1, 0.15) is 5.69 Å². The Morgan fingerprint density at radius 1 is 1.00 bits per heavy atom. The zero-order valence-corrected chi connectivity index (χ0v) is 16.5. The van der Waals surface area contributed by atoms with Crippen LogP contribution in [-0.2, 0) is 6.42 Å². The van der Waals surface area contributed by atoms with E-state index in [-0.39, 0.29) is 5.91 Å². The van der Waals surface area contributed by atoms with Crippen LogP contribution in [0, 0.1) is 0 Å². The highest BCUT2D eigenvalue weighted by molar-refractivity contribution is 7.13. The molecule has 2 aromatic heterocycles. The van der Waals surface area contributed by atoms with E-state index >= 15 is 0 Å².